The largest absolute Gasteiger partial charge is 0.481 e. The molecule has 0 aliphatic carbocycles. The van der Waals surface area contributed by atoms with E-state index in [0.29, 0.717) is 25.3 Å². The Morgan fingerprint density at radius 3 is 3.05 bits per heavy atom. The van der Waals surface area contributed by atoms with Crippen LogP contribution in [0.1, 0.15) is 30.1 Å². The van der Waals surface area contributed by atoms with E-state index < -0.39 is 12.1 Å². The van der Waals surface area contributed by atoms with Crippen LogP contribution in [0.25, 0.3) is 0 Å². The smallest absolute Gasteiger partial charge is 0.306 e. The molecule has 0 spiro atoms. The summed E-state index contributed by atoms with van der Waals surface area (Å²) in [5.41, 5.74) is 0.537. The molecule has 1 aromatic heterocycles. The van der Waals surface area contributed by atoms with Crippen LogP contribution in [0.4, 0.5) is 0 Å². The van der Waals surface area contributed by atoms with Crippen molar-refractivity contribution in [3.8, 4) is 0 Å². The molecule has 2 heterocycles. The Balaban J connectivity index is 1.98. The predicted molar refractivity (Wildman–Crippen MR) is 70.4 cm³/mol. The number of carbonyl (C=O) groups is 2. The van der Waals surface area contributed by atoms with Crippen molar-refractivity contribution >= 4 is 11.9 Å². The highest BCUT2D eigenvalue weighted by atomic mass is 16.5. The van der Waals surface area contributed by atoms with Gasteiger partial charge >= 0.3 is 5.97 Å². The SMILES string of the molecule is CCCn1cc(C(=O)N2CCOC(CC(=O)O)C2)cn1. The van der Waals surface area contributed by atoms with Crippen LogP contribution in [0, 0.1) is 0 Å². The van der Waals surface area contributed by atoms with Crippen molar-refractivity contribution < 1.29 is 19.4 Å². The first-order valence-electron chi connectivity index (χ1n) is 6.75. The van der Waals surface area contributed by atoms with Gasteiger partial charge in [0.15, 0.2) is 0 Å². The molecular weight excluding hydrogens is 262 g/mol. The van der Waals surface area contributed by atoms with Crippen LogP contribution in [0.5, 0.6) is 0 Å². The summed E-state index contributed by atoms with van der Waals surface area (Å²) >= 11 is 0. The number of nitrogens with zero attached hydrogens (tertiary/aromatic N) is 3. The Morgan fingerprint density at radius 2 is 2.35 bits per heavy atom. The highest BCUT2D eigenvalue weighted by molar-refractivity contribution is 5.93. The average molecular weight is 281 g/mol. The predicted octanol–water partition coefficient (Wildman–Crippen LogP) is 0.609. The third-order valence-corrected chi connectivity index (χ3v) is 3.16. The number of aliphatic carboxylic acids is 1. The summed E-state index contributed by atoms with van der Waals surface area (Å²) in [4.78, 5) is 24.6. The second-order valence-corrected chi connectivity index (χ2v) is 4.83. The molecule has 110 valence electrons. The molecule has 0 radical (unpaired) electrons. The zero-order valence-electron chi connectivity index (χ0n) is 11.5. The van der Waals surface area contributed by atoms with Gasteiger partial charge in [-0.05, 0) is 6.42 Å². The van der Waals surface area contributed by atoms with Crippen LogP contribution < -0.4 is 0 Å². The van der Waals surface area contributed by atoms with Crippen molar-refractivity contribution in [1.82, 2.24) is 14.7 Å². The van der Waals surface area contributed by atoms with Gasteiger partial charge in [-0.2, -0.15) is 5.10 Å². The van der Waals surface area contributed by atoms with Gasteiger partial charge in [-0.3, -0.25) is 14.3 Å². The van der Waals surface area contributed by atoms with Gasteiger partial charge in [0, 0.05) is 25.8 Å². The Kier molecular flexibility index (Phi) is 4.73. The van der Waals surface area contributed by atoms with Crippen LogP contribution in [-0.2, 0) is 16.1 Å². The molecule has 7 heteroatoms. The van der Waals surface area contributed by atoms with Crippen molar-refractivity contribution in [2.24, 2.45) is 0 Å². The molecule has 0 bridgehead atoms. The molecule has 0 saturated carbocycles. The fourth-order valence-electron chi connectivity index (χ4n) is 2.23. The number of carbonyl (C=O) groups excluding carboxylic acids is 1. The highest BCUT2D eigenvalue weighted by Gasteiger charge is 2.27. The summed E-state index contributed by atoms with van der Waals surface area (Å²) in [5, 5.41) is 12.9. The molecule has 20 heavy (non-hydrogen) atoms. The van der Waals surface area contributed by atoms with Crippen LogP contribution in [-0.4, -0.2) is 57.5 Å². The van der Waals surface area contributed by atoms with Crippen molar-refractivity contribution in [3.63, 3.8) is 0 Å². The van der Waals surface area contributed by atoms with Crippen LogP contribution in [0.3, 0.4) is 0 Å². The first-order valence-corrected chi connectivity index (χ1v) is 6.75. The molecule has 1 aliphatic heterocycles. The van der Waals surface area contributed by atoms with E-state index in [1.54, 1.807) is 22.0 Å². The molecule has 1 aromatic rings. The number of aromatic nitrogens is 2. The summed E-state index contributed by atoms with van der Waals surface area (Å²) in [6.45, 7) is 3.98. The van der Waals surface area contributed by atoms with Crippen molar-refractivity contribution in [2.75, 3.05) is 19.7 Å². The third kappa shape index (κ3) is 3.57. The van der Waals surface area contributed by atoms with E-state index in [-0.39, 0.29) is 12.3 Å². The molecule has 1 aliphatic rings. The van der Waals surface area contributed by atoms with Gasteiger partial charge in [0.25, 0.3) is 5.91 Å². The second kappa shape index (κ2) is 6.51. The van der Waals surface area contributed by atoms with Gasteiger partial charge in [-0.1, -0.05) is 6.92 Å². The molecule has 1 saturated heterocycles. The average Bonchev–Trinajstić information content (AvgIpc) is 2.86. The number of ether oxygens (including phenoxy) is 1. The van der Waals surface area contributed by atoms with E-state index in [4.69, 9.17) is 9.84 Å². The number of aryl methyl sites for hydroxylation is 1. The molecule has 1 fully saturated rings. The molecule has 1 atom stereocenters. The second-order valence-electron chi connectivity index (χ2n) is 4.83. The standard InChI is InChI=1S/C13H19N3O4/c1-2-3-16-8-10(7-14-16)13(19)15-4-5-20-11(9-15)6-12(17)18/h7-8,11H,2-6,9H2,1H3,(H,17,18). The van der Waals surface area contributed by atoms with Gasteiger partial charge < -0.3 is 14.7 Å². The zero-order valence-corrected chi connectivity index (χ0v) is 11.5. The molecule has 7 nitrogen and oxygen atoms in total. The topological polar surface area (TPSA) is 84.7 Å². The number of amides is 1. The normalized spacial score (nSPS) is 19.1. The van der Waals surface area contributed by atoms with E-state index in [2.05, 4.69) is 5.10 Å². The van der Waals surface area contributed by atoms with Crippen molar-refractivity contribution in [3.05, 3.63) is 18.0 Å². The van der Waals surface area contributed by atoms with Crippen molar-refractivity contribution in [1.29, 1.82) is 0 Å². The summed E-state index contributed by atoms with van der Waals surface area (Å²) in [6, 6.07) is 0. The molecule has 2 rings (SSSR count). The fourth-order valence-corrected chi connectivity index (χ4v) is 2.23. The van der Waals surface area contributed by atoms with Gasteiger partial charge in [0.05, 0.1) is 30.9 Å². The molecule has 0 aromatic carbocycles. The third-order valence-electron chi connectivity index (χ3n) is 3.16. The maximum absolute atomic E-state index is 12.3. The Hall–Kier alpha value is -1.89. The molecular formula is C13H19N3O4. The number of carboxylic acid groups (broad SMARTS) is 1. The number of carboxylic acids is 1. The van der Waals surface area contributed by atoms with E-state index in [1.165, 1.54) is 0 Å². The monoisotopic (exact) mass is 281 g/mol. The lowest BCUT2D eigenvalue weighted by Crippen LogP contribution is -2.46. The van der Waals surface area contributed by atoms with E-state index >= 15 is 0 Å². The van der Waals surface area contributed by atoms with E-state index in [9.17, 15) is 9.59 Å². The van der Waals surface area contributed by atoms with Gasteiger partial charge in [0.2, 0.25) is 0 Å². The minimum absolute atomic E-state index is 0.0844. The highest BCUT2D eigenvalue weighted by Crippen LogP contribution is 2.12. The Labute approximate surface area is 117 Å². The molecule has 1 N–H and O–H groups in total. The van der Waals surface area contributed by atoms with Gasteiger partial charge in [-0.15, -0.1) is 0 Å². The molecule has 1 amide bonds. The summed E-state index contributed by atoms with van der Waals surface area (Å²) in [5.74, 6) is -1.04. The maximum Gasteiger partial charge on any atom is 0.306 e. The Morgan fingerprint density at radius 1 is 1.55 bits per heavy atom. The van der Waals surface area contributed by atoms with Crippen LogP contribution in [0.2, 0.25) is 0 Å². The quantitative estimate of drug-likeness (QED) is 0.854. The summed E-state index contributed by atoms with van der Waals surface area (Å²) in [7, 11) is 0. The lowest BCUT2D eigenvalue weighted by molar-refractivity contribution is -0.141. The minimum Gasteiger partial charge on any atom is -0.481 e. The van der Waals surface area contributed by atoms with E-state index in [1.807, 2.05) is 6.92 Å². The Bertz CT molecular complexity index is 486. The van der Waals surface area contributed by atoms with Crippen LogP contribution >= 0.6 is 0 Å². The van der Waals surface area contributed by atoms with Crippen LogP contribution in [0.15, 0.2) is 12.4 Å². The minimum atomic E-state index is -0.917. The number of hydrogen-bond donors (Lipinski definition) is 1. The zero-order chi connectivity index (χ0) is 14.5. The summed E-state index contributed by atoms with van der Waals surface area (Å²) < 4.78 is 7.09. The number of hydrogen-bond acceptors (Lipinski definition) is 4. The van der Waals surface area contributed by atoms with E-state index in [0.717, 1.165) is 13.0 Å². The first kappa shape index (κ1) is 14.5. The van der Waals surface area contributed by atoms with Crippen molar-refractivity contribution in [2.45, 2.75) is 32.4 Å². The molecule has 1 unspecified atom stereocenters. The number of morpholine rings is 1. The maximum atomic E-state index is 12.3. The van der Waals surface area contributed by atoms with Gasteiger partial charge in [-0.25, -0.2) is 0 Å². The fraction of sp³-hybridized carbons (Fsp3) is 0.615. The van der Waals surface area contributed by atoms with Gasteiger partial charge in [0.1, 0.15) is 0 Å². The lowest BCUT2D eigenvalue weighted by Gasteiger charge is -2.32. The first-order chi connectivity index (χ1) is 9.60. The lowest BCUT2D eigenvalue weighted by atomic mass is 10.2. The number of rotatable bonds is 5. The summed E-state index contributed by atoms with van der Waals surface area (Å²) in [6.07, 6.45) is 3.72.